The number of aromatic nitrogens is 1. The predicted molar refractivity (Wildman–Crippen MR) is 104 cm³/mol. The number of benzene rings is 2. The van der Waals surface area contributed by atoms with Gasteiger partial charge in [0.15, 0.2) is 0 Å². The number of fused-ring (bicyclic) bond motifs is 1. The van der Waals surface area contributed by atoms with E-state index in [4.69, 9.17) is 16.3 Å². The number of hydrogen-bond acceptors (Lipinski definition) is 4. The van der Waals surface area contributed by atoms with Crippen molar-refractivity contribution in [1.29, 1.82) is 0 Å². The van der Waals surface area contributed by atoms with Crippen LogP contribution >= 0.6 is 11.6 Å². The van der Waals surface area contributed by atoms with Gasteiger partial charge >= 0.3 is 5.97 Å². The van der Waals surface area contributed by atoms with Gasteiger partial charge in [0.05, 0.1) is 19.4 Å². The van der Waals surface area contributed by atoms with Crippen LogP contribution in [0.1, 0.15) is 18.1 Å². The summed E-state index contributed by atoms with van der Waals surface area (Å²) in [5, 5.41) is 6.03. The van der Waals surface area contributed by atoms with E-state index in [-0.39, 0.29) is 12.5 Å². The van der Waals surface area contributed by atoms with Crippen LogP contribution in [0.2, 0.25) is 5.02 Å². The van der Waals surface area contributed by atoms with Gasteiger partial charge in [-0.05, 0) is 24.6 Å². The van der Waals surface area contributed by atoms with Gasteiger partial charge in [-0.2, -0.15) is 5.10 Å². The average molecular weight is 370 g/mol. The Morgan fingerprint density at radius 2 is 2.00 bits per heavy atom. The molecule has 1 aromatic heterocycles. The van der Waals surface area contributed by atoms with Gasteiger partial charge in [-0.25, -0.2) is 0 Å². The molecule has 0 atom stereocenters. The van der Waals surface area contributed by atoms with Crippen LogP contribution in [0.15, 0.2) is 59.8 Å². The molecule has 0 bridgehead atoms. The van der Waals surface area contributed by atoms with Crippen molar-refractivity contribution in [3.05, 3.63) is 70.9 Å². The Hall–Kier alpha value is -2.79. The minimum atomic E-state index is -0.256. The molecule has 0 fully saturated rings. The SMILES string of the molecule is CCOC(=O)Cn1cc(/C=N\NCc2ccccc2Cl)c2ccccc21. The summed E-state index contributed by atoms with van der Waals surface area (Å²) in [5.74, 6) is -0.256. The number of esters is 1. The number of nitrogens with zero attached hydrogens (tertiary/aromatic N) is 2. The lowest BCUT2D eigenvalue weighted by atomic mass is 10.2. The van der Waals surface area contributed by atoms with Gasteiger partial charge in [-0.3, -0.25) is 4.79 Å². The van der Waals surface area contributed by atoms with E-state index in [2.05, 4.69) is 10.5 Å². The molecule has 0 spiro atoms. The summed E-state index contributed by atoms with van der Waals surface area (Å²) >= 11 is 6.14. The highest BCUT2D eigenvalue weighted by Gasteiger charge is 2.10. The number of carbonyl (C=O) groups is 1. The molecule has 2 aromatic carbocycles. The summed E-state index contributed by atoms with van der Waals surface area (Å²) in [6, 6.07) is 15.5. The highest BCUT2D eigenvalue weighted by atomic mass is 35.5. The first-order valence-electron chi connectivity index (χ1n) is 8.42. The molecule has 1 N–H and O–H groups in total. The van der Waals surface area contributed by atoms with E-state index < -0.39 is 0 Å². The molecule has 5 nitrogen and oxygen atoms in total. The molecule has 0 amide bonds. The van der Waals surface area contributed by atoms with Gasteiger partial charge < -0.3 is 14.7 Å². The van der Waals surface area contributed by atoms with E-state index in [1.54, 1.807) is 13.1 Å². The van der Waals surface area contributed by atoms with E-state index in [1.807, 2.05) is 59.3 Å². The number of rotatable bonds is 7. The Labute approximate surface area is 157 Å². The van der Waals surface area contributed by atoms with Crippen LogP contribution in [0.25, 0.3) is 10.9 Å². The Morgan fingerprint density at radius 3 is 2.81 bits per heavy atom. The van der Waals surface area contributed by atoms with Gasteiger partial charge in [-0.15, -0.1) is 0 Å². The maximum Gasteiger partial charge on any atom is 0.325 e. The van der Waals surface area contributed by atoms with Crippen molar-refractivity contribution in [3.8, 4) is 0 Å². The Kier molecular flexibility index (Phi) is 5.92. The second-order valence-electron chi connectivity index (χ2n) is 5.72. The molecular formula is C20H20ClN3O2. The fourth-order valence-electron chi connectivity index (χ4n) is 2.74. The number of nitrogens with one attached hydrogen (secondary N) is 1. The molecule has 1 heterocycles. The van der Waals surface area contributed by atoms with Crippen LogP contribution in [-0.4, -0.2) is 23.4 Å². The monoisotopic (exact) mass is 369 g/mol. The van der Waals surface area contributed by atoms with Gasteiger partial charge in [0, 0.05) is 27.7 Å². The smallest absolute Gasteiger partial charge is 0.325 e. The van der Waals surface area contributed by atoms with Crippen molar-refractivity contribution in [1.82, 2.24) is 9.99 Å². The molecule has 134 valence electrons. The normalized spacial score (nSPS) is 11.2. The maximum atomic E-state index is 11.8. The molecule has 3 aromatic rings. The molecule has 0 aliphatic heterocycles. The third-order valence-corrected chi connectivity index (χ3v) is 4.32. The first-order chi connectivity index (χ1) is 12.7. The summed E-state index contributed by atoms with van der Waals surface area (Å²) in [5.41, 5.74) is 5.89. The molecular weight excluding hydrogens is 350 g/mol. The van der Waals surface area contributed by atoms with Crippen molar-refractivity contribution in [2.24, 2.45) is 5.10 Å². The lowest BCUT2D eigenvalue weighted by molar-refractivity contribution is -0.143. The van der Waals surface area contributed by atoms with Crippen LogP contribution in [-0.2, 0) is 22.6 Å². The van der Waals surface area contributed by atoms with Crippen molar-refractivity contribution < 1.29 is 9.53 Å². The molecule has 0 saturated heterocycles. The van der Waals surface area contributed by atoms with Gasteiger partial charge in [-0.1, -0.05) is 48.0 Å². The predicted octanol–water partition coefficient (Wildman–Crippen LogP) is 3.98. The fourth-order valence-corrected chi connectivity index (χ4v) is 2.94. The zero-order chi connectivity index (χ0) is 18.4. The lowest BCUT2D eigenvalue weighted by Gasteiger charge is -2.04. The summed E-state index contributed by atoms with van der Waals surface area (Å²) < 4.78 is 6.92. The second-order valence-corrected chi connectivity index (χ2v) is 6.13. The molecule has 6 heteroatoms. The van der Waals surface area contributed by atoms with E-state index in [9.17, 15) is 4.79 Å². The number of ether oxygens (including phenoxy) is 1. The highest BCUT2D eigenvalue weighted by Crippen LogP contribution is 2.20. The largest absolute Gasteiger partial charge is 0.465 e. The third kappa shape index (κ3) is 4.24. The van der Waals surface area contributed by atoms with Crippen LogP contribution < -0.4 is 5.43 Å². The first-order valence-corrected chi connectivity index (χ1v) is 8.79. The number of hydrazone groups is 1. The summed E-state index contributed by atoms with van der Waals surface area (Å²) in [4.78, 5) is 11.8. The van der Waals surface area contributed by atoms with Crippen LogP contribution in [0.5, 0.6) is 0 Å². The quantitative estimate of drug-likeness (QED) is 0.389. The van der Waals surface area contributed by atoms with Crippen molar-refractivity contribution >= 4 is 34.7 Å². The molecule has 0 radical (unpaired) electrons. The van der Waals surface area contributed by atoms with Crippen LogP contribution in [0.3, 0.4) is 0 Å². The maximum absolute atomic E-state index is 11.8. The summed E-state index contributed by atoms with van der Waals surface area (Å²) in [7, 11) is 0. The zero-order valence-electron chi connectivity index (χ0n) is 14.5. The highest BCUT2D eigenvalue weighted by molar-refractivity contribution is 6.31. The second kappa shape index (κ2) is 8.54. The molecule has 26 heavy (non-hydrogen) atoms. The number of hydrogen-bond donors (Lipinski definition) is 1. The molecule has 0 saturated carbocycles. The average Bonchev–Trinajstić information content (AvgIpc) is 2.98. The minimum Gasteiger partial charge on any atom is -0.465 e. The Balaban J connectivity index is 1.75. The summed E-state index contributed by atoms with van der Waals surface area (Å²) in [6.07, 6.45) is 3.66. The lowest BCUT2D eigenvalue weighted by Crippen LogP contribution is -2.12. The van der Waals surface area contributed by atoms with Gasteiger partial charge in [0.1, 0.15) is 6.54 Å². The summed E-state index contributed by atoms with van der Waals surface area (Å²) in [6.45, 7) is 2.89. The van der Waals surface area contributed by atoms with Crippen LogP contribution in [0, 0.1) is 0 Å². The van der Waals surface area contributed by atoms with E-state index in [0.29, 0.717) is 18.2 Å². The first kappa shape index (κ1) is 18.0. The molecule has 0 aliphatic rings. The number of para-hydroxylation sites is 1. The van der Waals surface area contributed by atoms with Crippen molar-refractivity contribution in [2.45, 2.75) is 20.0 Å². The number of halogens is 1. The van der Waals surface area contributed by atoms with E-state index in [1.165, 1.54) is 0 Å². The van der Waals surface area contributed by atoms with Crippen molar-refractivity contribution in [3.63, 3.8) is 0 Å². The van der Waals surface area contributed by atoms with E-state index >= 15 is 0 Å². The van der Waals surface area contributed by atoms with Crippen molar-refractivity contribution in [2.75, 3.05) is 6.61 Å². The fraction of sp³-hybridized carbons (Fsp3) is 0.200. The molecule has 0 unspecified atom stereocenters. The van der Waals surface area contributed by atoms with Gasteiger partial charge in [0.25, 0.3) is 0 Å². The van der Waals surface area contributed by atoms with Gasteiger partial charge in [0.2, 0.25) is 0 Å². The molecule has 3 rings (SSSR count). The Bertz CT molecular complexity index is 934. The molecule has 0 aliphatic carbocycles. The minimum absolute atomic E-state index is 0.176. The standard InChI is InChI=1S/C20H20ClN3O2/c1-2-26-20(25)14-24-13-16(17-8-4-6-10-19(17)24)12-23-22-11-15-7-3-5-9-18(15)21/h3-10,12-13,22H,2,11,14H2,1H3/b23-12-. The number of carbonyl (C=O) groups excluding carboxylic acids is 1. The van der Waals surface area contributed by atoms with Crippen LogP contribution in [0.4, 0.5) is 0 Å². The van der Waals surface area contributed by atoms with E-state index in [0.717, 1.165) is 22.0 Å². The third-order valence-electron chi connectivity index (χ3n) is 3.95. The zero-order valence-corrected chi connectivity index (χ0v) is 15.2. The Morgan fingerprint density at radius 1 is 1.23 bits per heavy atom. The topological polar surface area (TPSA) is 55.6 Å².